The summed E-state index contributed by atoms with van der Waals surface area (Å²) in [5, 5.41) is 9.22. The van der Waals surface area contributed by atoms with Gasteiger partial charge in [0.05, 0.1) is 29.4 Å². The highest BCUT2D eigenvalue weighted by Gasteiger charge is 2.33. The molecule has 0 aromatic heterocycles. The third-order valence-electron chi connectivity index (χ3n) is 4.47. The van der Waals surface area contributed by atoms with Crippen LogP contribution in [-0.2, 0) is 4.79 Å². The first-order valence-electron chi connectivity index (χ1n) is 9.95. The van der Waals surface area contributed by atoms with Crippen molar-refractivity contribution >= 4 is 51.9 Å². The number of benzene rings is 2. The van der Waals surface area contributed by atoms with Gasteiger partial charge in [0.2, 0.25) is 0 Å². The van der Waals surface area contributed by atoms with Crippen LogP contribution in [0.2, 0.25) is 0 Å². The van der Waals surface area contributed by atoms with E-state index in [0.29, 0.717) is 39.6 Å². The van der Waals surface area contributed by atoms with Gasteiger partial charge >= 0.3 is 5.97 Å². The molecule has 0 bridgehead atoms. The Morgan fingerprint density at radius 1 is 1.16 bits per heavy atom. The van der Waals surface area contributed by atoms with E-state index < -0.39 is 5.97 Å². The van der Waals surface area contributed by atoms with Crippen molar-refractivity contribution in [2.24, 2.45) is 0 Å². The second kappa shape index (κ2) is 10.5. The highest BCUT2D eigenvalue weighted by molar-refractivity contribution is 8.27. The topological polar surface area (TPSA) is 76.1 Å². The average Bonchev–Trinajstić information content (AvgIpc) is 3.03. The summed E-state index contributed by atoms with van der Waals surface area (Å²) in [6.07, 6.45) is 3.75. The summed E-state index contributed by atoms with van der Waals surface area (Å²) in [4.78, 5) is 26.1. The highest BCUT2D eigenvalue weighted by atomic mass is 32.2. The number of amides is 1. The van der Waals surface area contributed by atoms with Crippen LogP contribution in [0.4, 0.5) is 5.69 Å². The first kappa shape index (κ1) is 22.8. The van der Waals surface area contributed by atoms with E-state index in [0.717, 1.165) is 18.4 Å². The number of nitrogens with zero attached hydrogens (tertiary/aromatic N) is 1. The second-order valence-corrected chi connectivity index (χ2v) is 8.39. The van der Waals surface area contributed by atoms with E-state index in [-0.39, 0.29) is 11.5 Å². The summed E-state index contributed by atoms with van der Waals surface area (Å²) in [6, 6.07) is 11.7. The number of carbonyl (C=O) groups is 2. The third-order valence-corrected chi connectivity index (χ3v) is 5.77. The van der Waals surface area contributed by atoms with Crippen molar-refractivity contribution in [1.29, 1.82) is 0 Å². The Morgan fingerprint density at radius 2 is 1.97 bits per heavy atom. The zero-order chi connectivity index (χ0) is 22.4. The Kier molecular flexibility index (Phi) is 7.70. The monoisotopic (exact) mass is 457 g/mol. The van der Waals surface area contributed by atoms with Crippen LogP contribution in [0.1, 0.15) is 42.6 Å². The average molecular weight is 458 g/mol. The zero-order valence-corrected chi connectivity index (χ0v) is 18.9. The minimum Gasteiger partial charge on any atom is -0.490 e. The number of rotatable bonds is 9. The van der Waals surface area contributed by atoms with Gasteiger partial charge in [0, 0.05) is 0 Å². The third kappa shape index (κ3) is 5.45. The maximum Gasteiger partial charge on any atom is 0.335 e. The van der Waals surface area contributed by atoms with E-state index >= 15 is 0 Å². The van der Waals surface area contributed by atoms with E-state index in [1.807, 2.05) is 25.1 Å². The minimum absolute atomic E-state index is 0.0931. The quantitative estimate of drug-likeness (QED) is 0.308. The first-order chi connectivity index (χ1) is 14.9. The summed E-state index contributed by atoms with van der Waals surface area (Å²) in [5.41, 5.74) is 1.31. The Bertz CT molecular complexity index is 1030. The number of hydrogen-bond acceptors (Lipinski definition) is 6. The molecule has 1 saturated heterocycles. The number of ether oxygens (including phenoxy) is 2. The van der Waals surface area contributed by atoms with Crippen LogP contribution in [0.25, 0.3) is 6.08 Å². The van der Waals surface area contributed by atoms with Crippen LogP contribution < -0.4 is 14.4 Å². The molecule has 2 aromatic carbocycles. The Balaban J connectivity index is 1.86. The molecule has 8 heteroatoms. The molecule has 2 aromatic rings. The molecule has 0 unspecified atom stereocenters. The molecule has 1 aliphatic rings. The Labute approximate surface area is 190 Å². The lowest BCUT2D eigenvalue weighted by Crippen LogP contribution is -2.27. The number of carbonyl (C=O) groups excluding carboxylic acids is 1. The van der Waals surface area contributed by atoms with E-state index in [9.17, 15) is 14.7 Å². The minimum atomic E-state index is -1.06. The van der Waals surface area contributed by atoms with Gasteiger partial charge in [0.15, 0.2) is 15.8 Å². The highest BCUT2D eigenvalue weighted by Crippen LogP contribution is 2.37. The molecule has 162 valence electrons. The molecule has 1 aliphatic heterocycles. The summed E-state index contributed by atoms with van der Waals surface area (Å²) in [7, 11) is 0. The van der Waals surface area contributed by atoms with E-state index in [4.69, 9.17) is 21.7 Å². The summed E-state index contributed by atoms with van der Waals surface area (Å²) in [5.74, 6) is -0.0613. The van der Waals surface area contributed by atoms with Crippen molar-refractivity contribution < 1.29 is 24.2 Å². The lowest BCUT2D eigenvalue weighted by Gasteiger charge is -2.15. The van der Waals surface area contributed by atoms with Crippen molar-refractivity contribution in [3.63, 3.8) is 0 Å². The molecule has 0 saturated carbocycles. The van der Waals surface area contributed by atoms with Gasteiger partial charge < -0.3 is 14.6 Å². The van der Waals surface area contributed by atoms with Crippen molar-refractivity contribution in [2.75, 3.05) is 18.1 Å². The van der Waals surface area contributed by atoms with Crippen LogP contribution in [-0.4, -0.2) is 34.5 Å². The van der Waals surface area contributed by atoms with Crippen molar-refractivity contribution in [1.82, 2.24) is 0 Å². The van der Waals surface area contributed by atoms with Crippen LogP contribution in [0.15, 0.2) is 47.4 Å². The first-order valence-corrected chi connectivity index (χ1v) is 11.2. The van der Waals surface area contributed by atoms with Gasteiger partial charge in [-0.25, -0.2) is 4.79 Å². The van der Waals surface area contributed by atoms with Gasteiger partial charge in [-0.05, 0) is 55.3 Å². The Hall–Kier alpha value is -2.84. The summed E-state index contributed by atoms with van der Waals surface area (Å²) >= 11 is 6.56. The van der Waals surface area contributed by atoms with Crippen molar-refractivity contribution in [3.8, 4) is 11.5 Å². The fourth-order valence-corrected chi connectivity index (χ4v) is 4.25. The molecule has 0 atom stereocenters. The van der Waals surface area contributed by atoms with Gasteiger partial charge in [-0.1, -0.05) is 49.5 Å². The second-order valence-electron chi connectivity index (χ2n) is 6.71. The predicted molar refractivity (Wildman–Crippen MR) is 127 cm³/mol. The van der Waals surface area contributed by atoms with E-state index in [1.165, 1.54) is 28.8 Å². The normalized spacial score (nSPS) is 14.9. The van der Waals surface area contributed by atoms with E-state index in [2.05, 4.69) is 6.92 Å². The molecule has 1 fully saturated rings. The van der Waals surface area contributed by atoms with Gasteiger partial charge in [0.1, 0.15) is 0 Å². The van der Waals surface area contributed by atoms with Crippen LogP contribution in [0.5, 0.6) is 11.5 Å². The number of unbranched alkanes of at least 4 members (excludes halogenated alkanes) is 1. The molecule has 1 N–H and O–H groups in total. The Morgan fingerprint density at radius 3 is 2.68 bits per heavy atom. The summed E-state index contributed by atoms with van der Waals surface area (Å²) in [6.45, 7) is 5.11. The molecule has 1 heterocycles. The molecule has 1 amide bonds. The number of carboxylic acid groups (broad SMARTS) is 1. The van der Waals surface area contributed by atoms with Gasteiger partial charge in [-0.15, -0.1) is 0 Å². The van der Waals surface area contributed by atoms with Crippen LogP contribution in [0, 0.1) is 0 Å². The number of thiocarbonyl (C=S) groups is 1. The summed E-state index contributed by atoms with van der Waals surface area (Å²) < 4.78 is 11.9. The largest absolute Gasteiger partial charge is 0.490 e. The molecule has 0 aliphatic carbocycles. The van der Waals surface area contributed by atoms with E-state index in [1.54, 1.807) is 18.2 Å². The number of anilines is 1. The maximum absolute atomic E-state index is 13.0. The zero-order valence-electron chi connectivity index (χ0n) is 17.3. The van der Waals surface area contributed by atoms with Crippen molar-refractivity contribution in [3.05, 3.63) is 58.5 Å². The smallest absolute Gasteiger partial charge is 0.335 e. The predicted octanol–water partition coefficient (Wildman–Crippen LogP) is 5.37. The van der Waals surface area contributed by atoms with Gasteiger partial charge in [-0.2, -0.15) is 0 Å². The van der Waals surface area contributed by atoms with Gasteiger partial charge in [-0.3, -0.25) is 9.69 Å². The van der Waals surface area contributed by atoms with Crippen LogP contribution in [0.3, 0.4) is 0 Å². The standard InChI is InChI=1S/C23H23NO5S2/c1-3-5-11-29-18-10-9-15(12-19(18)28-4-2)13-20-21(25)24(23(30)31-20)17-8-6-7-16(14-17)22(26)27/h6-10,12-14H,3-5,11H2,1-2H3,(H,26,27)/b20-13+. The number of hydrogen-bond donors (Lipinski definition) is 1. The number of aromatic carboxylic acids is 1. The number of carboxylic acids is 1. The van der Waals surface area contributed by atoms with Crippen LogP contribution >= 0.6 is 24.0 Å². The molecule has 0 spiro atoms. The van der Waals surface area contributed by atoms with Gasteiger partial charge in [0.25, 0.3) is 5.91 Å². The fraction of sp³-hybridized carbons (Fsp3) is 0.261. The SMILES string of the molecule is CCCCOc1ccc(/C=C2/SC(=S)N(c3cccc(C(=O)O)c3)C2=O)cc1OCC. The number of thioether (sulfide) groups is 1. The maximum atomic E-state index is 13.0. The lowest BCUT2D eigenvalue weighted by molar-refractivity contribution is -0.113. The van der Waals surface area contributed by atoms with Crippen molar-refractivity contribution in [2.45, 2.75) is 26.7 Å². The molecule has 31 heavy (non-hydrogen) atoms. The molecule has 3 rings (SSSR count). The molecule has 0 radical (unpaired) electrons. The molecular weight excluding hydrogens is 434 g/mol. The fourth-order valence-electron chi connectivity index (χ4n) is 2.95. The lowest BCUT2D eigenvalue weighted by atomic mass is 10.1. The molecule has 6 nitrogen and oxygen atoms in total. The molecular formula is C23H23NO5S2.